The van der Waals surface area contributed by atoms with Crippen LogP contribution in [-0.2, 0) is 27.7 Å². The fraction of sp³-hybridized carbons (Fsp3) is 0.312. The first-order valence-electron chi connectivity index (χ1n) is 14.7. The van der Waals surface area contributed by atoms with Crippen LogP contribution in [0.25, 0.3) is 21.9 Å². The van der Waals surface area contributed by atoms with Gasteiger partial charge in [-0.2, -0.15) is 10.2 Å². The Balaban J connectivity index is 1.16. The van der Waals surface area contributed by atoms with Gasteiger partial charge in [-0.05, 0) is 61.0 Å². The molecule has 3 N–H and O–H groups in total. The minimum absolute atomic E-state index is 0.139. The maximum Gasteiger partial charge on any atom is 0.240 e. The number of benzene rings is 3. The highest BCUT2D eigenvalue weighted by atomic mass is 32.2. The van der Waals surface area contributed by atoms with E-state index in [0.717, 1.165) is 47.2 Å². The number of imidazole rings is 1. The lowest BCUT2D eigenvalue weighted by molar-refractivity contribution is 0.131. The van der Waals surface area contributed by atoms with Gasteiger partial charge in [-0.25, -0.2) is 23.1 Å². The highest BCUT2D eigenvalue weighted by molar-refractivity contribution is 7.89. The molecular weight excluding hydrogens is 576 g/mol. The van der Waals surface area contributed by atoms with Gasteiger partial charge in [-0.15, -0.1) is 0 Å². The van der Waals surface area contributed by atoms with Crippen molar-refractivity contribution in [3.63, 3.8) is 0 Å². The lowest BCUT2D eigenvalue weighted by Gasteiger charge is -2.12. The van der Waals surface area contributed by atoms with Crippen LogP contribution in [0.5, 0.6) is 0 Å². The number of para-hydroxylation sites is 1. The van der Waals surface area contributed by atoms with Gasteiger partial charge in [0.1, 0.15) is 11.3 Å². The number of anilines is 2. The molecule has 3 aromatic carbocycles. The van der Waals surface area contributed by atoms with Crippen LogP contribution in [0, 0.1) is 0 Å². The van der Waals surface area contributed by atoms with Crippen molar-refractivity contribution in [2.75, 3.05) is 44.5 Å². The summed E-state index contributed by atoms with van der Waals surface area (Å²) in [6.07, 6.45) is 2.88. The Morgan fingerprint density at radius 2 is 1.61 bits per heavy atom. The summed E-state index contributed by atoms with van der Waals surface area (Å²) < 4.78 is 36.3. The number of nitrogens with one attached hydrogen (secondary N) is 1. The van der Waals surface area contributed by atoms with E-state index in [1.807, 2.05) is 67.5 Å². The zero-order valence-electron chi connectivity index (χ0n) is 25.3. The largest absolute Gasteiger partial charge is 0.382 e. The van der Waals surface area contributed by atoms with Crippen molar-refractivity contribution in [2.45, 2.75) is 37.6 Å². The van der Waals surface area contributed by atoms with Crippen molar-refractivity contribution >= 4 is 54.8 Å². The number of ether oxygens (including phenoxy) is 1. The number of fused-ring (bicyclic) bond motifs is 3. The van der Waals surface area contributed by atoms with Gasteiger partial charge in [0.05, 0.1) is 40.5 Å². The number of azo groups is 1. The van der Waals surface area contributed by atoms with E-state index >= 15 is 0 Å². The predicted octanol–water partition coefficient (Wildman–Crippen LogP) is 5.99. The Kier molecular flexibility index (Phi) is 9.83. The van der Waals surface area contributed by atoms with E-state index in [9.17, 15) is 8.42 Å². The molecule has 0 fully saturated rings. The number of nitrogens with two attached hydrogens (primary N) is 1. The van der Waals surface area contributed by atoms with Gasteiger partial charge in [0.25, 0.3) is 0 Å². The van der Waals surface area contributed by atoms with Gasteiger partial charge in [0, 0.05) is 44.7 Å². The van der Waals surface area contributed by atoms with E-state index in [1.165, 1.54) is 12.1 Å². The molecule has 5 rings (SSSR count). The first-order valence-corrected chi connectivity index (χ1v) is 16.1. The molecule has 0 saturated carbocycles. The van der Waals surface area contributed by atoms with Crippen LogP contribution in [0.15, 0.2) is 87.9 Å². The first-order chi connectivity index (χ1) is 21.3. The monoisotopic (exact) mass is 614 g/mol. The second-order valence-electron chi connectivity index (χ2n) is 10.6. The molecule has 0 radical (unpaired) electrons. The number of aromatic nitrogens is 3. The number of aryl methyl sites for hydroxylation is 1. The van der Waals surface area contributed by atoms with Crippen molar-refractivity contribution in [2.24, 2.45) is 10.2 Å². The van der Waals surface area contributed by atoms with Crippen molar-refractivity contribution < 1.29 is 13.2 Å². The predicted molar refractivity (Wildman–Crippen MR) is 175 cm³/mol. The SMILES string of the molecule is CCCCc1nc2c(N)nc3ccccc3c2n1CCOCCNS(=O)(=O)c1ccc(N=Nc2ccc(N(C)C)cc2)cc1. The third-order valence-corrected chi connectivity index (χ3v) is 8.71. The highest BCUT2D eigenvalue weighted by Crippen LogP contribution is 2.29. The van der Waals surface area contributed by atoms with Crippen LogP contribution in [0.1, 0.15) is 25.6 Å². The average molecular weight is 615 g/mol. The fourth-order valence-corrected chi connectivity index (χ4v) is 5.90. The molecule has 44 heavy (non-hydrogen) atoms. The zero-order valence-corrected chi connectivity index (χ0v) is 26.1. The van der Waals surface area contributed by atoms with Gasteiger partial charge in [-0.3, -0.25) is 0 Å². The van der Waals surface area contributed by atoms with Gasteiger partial charge < -0.3 is 19.9 Å². The van der Waals surface area contributed by atoms with E-state index in [1.54, 1.807) is 12.1 Å². The van der Waals surface area contributed by atoms with Gasteiger partial charge in [-0.1, -0.05) is 31.5 Å². The molecule has 0 aliphatic carbocycles. The number of hydrogen-bond donors (Lipinski definition) is 2. The summed E-state index contributed by atoms with van der Waals surface area (Å²) in [5.74, 6) is 1.36. The minimum atomic E-state index is -3.71. The summed E-state index contributed by atoms with van der Waals surface area (Å²) >= 11 is 0. The first kappa shape index (κ1) is 31.0. The molecule has 5 aromatic rings. The second-order valence-corrected chi connectivity index (χ2v) is 12.4. The third-order valence-electron chi connectivity index (χ3n) is 7.24. The Bertz CT molecular complexity index is 1850. The molecule has 0 unspecified atom stereocenters. The number of hydrogen-bond acceptors (Lipinski definition) is 9. The van der Waals surface area contributed by atoms with E-state index in [2.05, 4.69) is 31.4 Å². The third kappa shape index (κ3) is 7.21. The summed E-state index contributed by atoms with van der Waals surface area (Å²) in [6, 6.07) is 21.8. The molecule has 2 aromatic heterocycles. The molecule has 2 heterocycles. The topological polar surface area (TPSA) is 140 Å². The zero-order chi connectivity index (χ0) is 31.1. The highest BCUT2D eigenvalue weighted by Gasteiger charge is 2.17. The molecule has 12 heteroatoms. The Labute approximate surface area is 257 Å². The summed E-state index contributed by atoms with van der Waals surface area (Å²) in [5, 5.41) is 9.44. The van der Waals surface area contributed by atoms with E-state index in [-0.39, 0.29) is 18.0 Å². The van der Waals surface area contributed by atoms with Gasteiger partial charge in [0.15, 0.2) is 5.82 Å². The quantitative estimate of drug-likeness (QED) is 0.116. The van der Waals surface area contributed by atoms with E-state index in [4.69, 9.17) is 15.5 Å². The van der Waals surface area contributed by atoms with Crippen LogP contribution in [-0.4, -0.2) is 56.8 Å². The number of sulfonamides is 1. The molecule has 0 atom stereocenters. The van der Waals surface area contributed by atoms with Crippen LogP contribution in [0.2, 0.25) is 0 Å². The average Bonchev–Trinajstić information content (AvgIpc) is 3.40. The van der Waals surface area contributed by atoms with Crippen LogP contribution in [0.4, 0.5) is 22.9 Å². The number of nitrogens with zero attached hydrogens (tertiary/aromatic N) is 6. The number of pyridine rings is 1. The minimum Gasteiger partial charge on any atom is -0.382 e. The van der Waals surface area contributed by atoms with E-state index in [0.29, 0.717) is 35.9 Å². The lowest BCUT2D eigenvalue weighted by atomic mass is 10.2. The molecular formula is C32H38N8O3S. The summed E-state index contributed by atoms with van der Waals surface area (Å²) in [5.41, 5.74) is 11.1. The van der Waals surface area contributed by atoms with Gasteiger partial charge >= 0.3 is 0 Å². The number of unbranched alkanes of at least 4 members (excludes halogenated alkanes) is 1. The fourth-order valence-electron chi connectivity index (χ4n) is 4.89. The number of rotatable bonds is 14. The molecule has 230 valence electrons. The molecule has 0 aliphatic heterocycles. The lowest BCUT2D eigenvalue weighted by Crippen LogP contribution is -2.27. The summed E-state index contributed by atoms with van der Waals surface area (Å²) in [6.45, 7) is 3.46. The maximum absolute atomic E-state index is 12.8. The Morgan fingerprint density at radius 1 is 0.932 bits per heavy atom. The normalized spacial score (nSPS) is 12.1. The molecule has 0 amide bonds. The van der Waals surface area contributed by atoms with E-state index < -0.39 is 10.0 Å². The molecule has 11 nitrogen and oxygen atoms in total. The van der Waals surface area contributed by atoms with Crippen molar-refractivity contribution in [3.05, 3.63) is 78.6 Å². The molecule has 0 spiro atoms. The Morgan fingerprint density at radius 3 is 2.30 bits per heavy atom. The maximum atomic E-state index is 12.8. The summed E-state index contributed by atoms with van der Waals surface area (Å²) in [4.78, 5) is 11.5. The molecule has 0 aliphatic rings. The Hall–Kier alpha value is -4.39. The van der Waals surface area contributed by atoms with Gasteiger partial charge in [0.2, 0.25) is 10.0 Å². The van der Waals surface area contributed by atoms with Crippen LogP contribution < -0.4 is 15.4 Å². The smallest absolute Gasteiger partial charge is 0.240 e. The number of nitrogen functional groups attached to an aromatic ring is 1. The van der Waals surface area contributed by atoms with Crippen molar-refractivity contribution in [1.29, 1.82) is 0 Å². The standard InChI is InChI=1S/C32H38N8O3S/c1-4-5-10-29-36-30-31(27-8-6-7-9-28(27)35-32(30)33)40(29)20-22-43-21-19-34-44(41,42)26-17-13-24(14-18-26)38-37-23-11-15-25(16-12-23)39(2)3/h6-9,11-18,34H,4-5,10,19-22H2,1-3H3,(H2,33,35). The second kappa shape index (κ2) is 13.9. The molecule has 0 saturated heterocycles. The van der Waals surface area contributed by atoms with Crippen molar-refractivity contribution in [1.82, 2.24) is 19.3 Å². The van der Waals surface area contributed by atoms with Crippen molar-refractivity contribution in [3.8, 4) is 0 Å². The molecule has 0 bridgehead atoms. The summed E-state index contributed by atoms with van der Waals surface area (Å²) in [7, 11) is 0.237. The van der Waals surface area contributed by atoms with Crippen LogP contribution in [0.3, 0.4) is 0 Å². The van der Waals surface area contributed by atoms with Crippen LogP contribution >= 0.6 is 0 Å².